The van der Waals surface area contributed by atoms with E-state index < -0.39 is 0 Å². The molecule has 0 radical (unpaired) electrons. The minimum atomic E-state index is -0.298. The molecule has 1 amide bonds. The van der Waals surface area contributed by atoms with Gasteiger partial charge in [-0.2, -0.15) is 0 Å². The van der Waals surface area contributed by atoms with Gasteiger partial charge in [0.2, 0.25) is 0 Å². The Morgan fingerprint density at radius 2 is 2.50 bits per heavy atom. The predicted molar refractivity (Wildman–Crippen MR) is 35.7 cm³/mol. The number of alkyl halides is 1. The molecule has 0 bridgehead atoms. The van der Waals surface area contributed by atoms with Gasteiger partial charge in [-0.25, -0.2) is 0 Å². The number of hydrazine groups is 1. The summed E-state index contributed by atoms with van der Waals surface area (Å²) in [6.07, 6.45) is 0. The third-order valence-corrected chi connectivity index (χ3v) is 0.752. The lowest BCUT2D eigenvalue weighted by molar-refractivity contribution is -0.119. The highest BCUT2D eigenvalue weighted by Gasteiger charge is 1.91. The van der Waals surface area contributed by atoms with Crippen LogP contribution in [0, 0.1) is 0 Å². The van der Waals surface area contributed by atoms with Gasteiger partial charge in [0, 0.05) is 0 Å². The zero-order valence-electron chi connectivity index (χ0n) is 3.98. The molecule has 0 saturated heterocycles. The van der Waals surface area contributed by atoms with E-state index in [1.54, 1.807) is 0 Å². The Balaban J connectivity index is 3.11. The van der Waals surface area contributed by atoms with Crippen molar-refractivity contribution in [2.45, 2.75) is 0 Å². The largest absolute Gasteiger partial charge is 0.295 e. The molecule has 5 heteroatoms. The van der Waals surface area contributed by atoms with E-state index >= 15 is 0 Å². The van der Waals surface area contributed by atoms with Crippen LogP contribution >= 0.6 is 23.8 Å². The van der Waals surface area contributed by atoms with Gasteiger partial charge in [0.05, 0.1) is 5.49 Å². The van der Waals surface area contributed by atoms with Crippen molar-refractivity contribution in [3.05, 3.63) is 0 Å². The smallest absolute Gasteiger partial charge is 0.253 e. The van der Waals surface area contributed by atoms with Crippen molar-refractivity contribution in [2.24, 2.45) is 0 Å². The molecule has 3 nitrogen and oxygen atoms in total. The van der Waals surface area contributed by atoms with Gasteiger partial charge >= 0.3 is 0 Å². The molecule has 2 N–H and O–H groups in total. The van der Waals surface area contributed by atoms with Crippen molar-refractivity contribution >= 4 is 35.2 Å². The lowest BCUT2D eigenvalue weighted by Crippen LogP contribution is -2.36. The van der Waals surface area contributed by atoms with Crippen molar-refractivity contribution in [1.82, 2.24) is 10.9 Å². The second-order valence-corrected chi connectivity index (χ2v) is 1.45. The highest BCUT2D eigenvalue weighted by Crippen LogP contribution is 1.69. The van der Waals surface area contributed by atoms with Crippen LogP contribution < -0.4 is 10.9 Å². The first-order valence-electron chi connectivity index (χ1n) is 1.85. The molecule has 0 aliphatic heterocycles. The Morgan fingerprint density at radius 1 is 1.88 bits per heavy atom. The molecule has 0 aliphatic carbocycles. The molecule has 0 fully saturated rings. The third-order valence-electron chi connectivity index (χ3n) is 0.392. The van der Waals surface area contributed by atoms with Crippen molar-refractivity contribution < 1.29 is 4.79 Å². The van der Waals surface area contributed by atoms with E-state index in [1.807, 2.05) is 0 Å². The summed E-state index contributed by atoms with van der Waals surface area (Å²) in [5.41, 5.74) is 5.69. The Morgan fingerprint density at radius 3 is 2.88 bits per heavy atom. The molecule has 0 rings (SSSR count). The lowest BCUT2D eigenvalue weighted by atomic mass is 10.7. The molecule has 0 aromatic rings. The Labute approximate surface area is 57.4 Å². The van der Waals surface area contributed by atoms with Crippen molar-refractivity contribution in [3.8, 4) is 0 Å². The number of hydrogen-bond donors (Lipinski definition) is 2. The minimum absolute atomic E-state index is 0.0594. The van der Waals surface area contributed by atoms with Gasteiger partial charge in [-0.05, 0) is 0 Å². The molecular formula is C3H5ClN2OS. The molecular weight excluding hydrogens is 148 g/mol. The molecule has 0 spiro atoms. The van der Waals surface area contributed by atoms with Crippen LogP contribution in [0.2, 0.25) is 0 Å². The standard InChI is InChI=1S/C3H5ClN2OS/c4-1-3(7)6-5-2-8/h2H,1H2,(H,5,8)(H,6,7). The van der Waals surface area contributed by atoms with E-state index in [1.165, 1.54) is 5.49 Å². The average Bonchev–Trinajstić information content (AvgIpc) is 1.83. The highest BCUT2D eigenvalue weighted by molar-refractivity contribution is 7.78. The molecule has 0 aliphatic rings. The fourth-order valence-corrected chi connectivity index (χ4v) is 0.269. The summed E-state index contributed by atoms with van der Waals surface area (Å²) in [6, 6.07) is 0. The second-order valence-electron chi connectivity index (χ2n) is 0.944. The monoisotopic (exact) mass is 152 g/mol. The molecule has 0 atom stereocenters. The number of nitrogens with one attached hydrogen (secondary N) is 2. The zero-order chi connectivity index (χ0) is 6.41. The fourth-order valence-electron chi connectivity index (χ4n) is 0.143. The first-order chi connectivity index (χ1) is 3.81. The fraction of sp³-hybridized carbons (Fsp3) is 0.333. The molecule has 0 saturated carbocycles. The quantitative estimate of drug-likeness (QED) is 0.335. The maximum absolute atomic E-state index is 10.2. The summed E-state index contributed by atoms with van der Waals surface area (Å²) in [7, 11) is 0. The van der Waals surface area contributed by atoms with Crippen LogP contribution in [-0.4, -0.2) is 17.3 Å². The van der Waals surface area contributed by atoms with Gasteiger partial charge in [0.1, 0.15) is 5.88 Å². The Hall–Kier alpha value is -0.350. The lowest BCUT2D eigenvalue weighted by Gasteiger charge is -1.96. The van der Waals surface area contributed by atoms with E-state index in [-0.39, 0.29) is 11.8 Å². The molecule has 8 heavy (non-hydrogen) atoms. The maximum atomic E-state index is 10.2. The Kier molecular flexibility index (Phi) is 4.59. The number of carbonyl (C=O) groups is 1. The molecule has 0 unspecified atom stereocenters. The number of halogens is 1. The zero-order valence-corrected chi connectivity index (χ0v) is 5.55. The SMILES string of the molecule is O=C(CCl)NNC=S. The first-order valence-corrected chi connectivity index (χ1v) is 2.86. The number of thiocarbonyl (C=S) groups is 1. The van der Waals surface area contributed by atoms with Crippen LogP contribution in [0.15, 0.2) is 0 Å². The number of amides is 1. The normalized spacial score (nSPS) is 7.62. The van der Waals surface area contributed by atoms with Crippen LogP contribution in [0.1, 0.15) is 0 Å². The molecule has 0 aromatic heterocycles. The van der Waals surface area contributed by atoms with Gasteiger partial charge < -0.3 is 0 Å². The molecule has 0 heterocycles. The summed E-state index contributed by atoms with van der Waals surface area (Å²) in [5.74, 6) is -0.358. The van der Waals surface area contributed by atoms with E-state index in [9.17, 15) is 4.79 Å². The van der Waals surface area contributed by atoms with E-state index in [0.29, 0.717) is 0 Å². The average molecular weight is 153 g/mol. The summed E-state index contributed by atoms with van der Waals surface area (Å²) >= 11 is 9.41. The van der Waals surface area contributed by atoms with E-state index in [2.05, 4.69) is 23.1 Å². The van der Waals surface area contributed by atoms with Crippen molar-refractivity contribution in [3.63, 3.8) is 0 Å². The van der Waals surface area contributed by atoms with Crippen LogP contribution in [0.25, 0.3) is 0 Å². The van der Waals surface area contributed by atoms with Crippen LogP contribution in [0.4, 0.5) is 0 Å². The molecule has 0 aromatic carbocycles. The summed E-state index contributed by atoms with van der Waals surface area (Å²) in [5, 5.41) is 0. The van der Waals surface area contributed by atoms with Gasteiger partial charge in [-0.1, -0.05) is 12.2 Å². The van der Waals surface area contributed by atoms with E-state index in [0.717, 1.165) is 0 Å². The van der Waals surface area contributed by atoms with Crippen LogP contribution in [0.5, 0.6) is 0 Å². The second kappa shape index (κ2) is 4.80. The number of carbonyl (C=O) groups excluding carboxylic acids is 1. The van der Waals surface area contributed by atoms with Crippen molar-refractivity contribution in [2.75, 3.05) is 5.88 Å². The van der Waals surface area contributed by atoms with Gasteiger partial charge in [-0.15, -0.1) is 11.6 Å². The molecule has 46 valence electrons. The highest BCUT2D eigenvalue weighted by atomic mass is 35.5. The Bertz CT molecular complexity index is 97.3. The van der Waals surface area contributed by atoms with Gasteiger partial charge in [-0.3, -0.25) is 15.6 Å². The summed E-state index contributed by atoms with van der Waals surface area (Å²) in [6.45, 7) is 0. The van der Waals surface area contributed by atoms with E-state index in [4.69, 9.17) is 11.6 Å². The predicted octanol–water partition coefficient (Wildman–Crippen LogP) is -0.197. The maximum Gasteiger partial charge on any atom is 0.253 e. The minimum Gasteiger partial charge on any atom is -0.295 e. The first kappa shape index (κ1) is 7.65. The topological polar surface area (TPSA) is 41.1 Å². The van der Waals surface area contributed by atoms with Crippen molar-refractivity contribution in [1.29, 1.82) is 0 Å². The van der Waals surface area contributed by atoms with Gasteiger partial charge in [0.25, 0.3) is 5.91 Å². The number of rotatable bonds is 3. The summed E-state index contributed by atoms with van der Waals surface area (Å²) < 4.78 is 0. The van der Waals surface area contributed by atoms with Gasteiger partial charge in [0.15, 0.2) is 0 Å². The van der Waals surface area contributed by atoms with Crippen LogP contribution in [0.3, 0.4) is 0 Å². The number of hydrogen-bond acceptors (Lipinski definition) is 2. The summed E-state index contributed by atoms with van der Waals surface area (Å²) in [4.78, 5) is 10.2. The van der Waals surface area contributed by atoms with Crippen LogP contribution in [-0.2, 0) is 4.79 Å². The third kappa shape index (κ3) is 3.83.